The highest BCUT2D eigenvalue weighted by Gasteiger charge is 2.03. The summed E-state index contributed by atoms with van der Waals surface area (Å²) in [6.07, 6.45) is 3.48. The lowest BCUT2D eigenvalue weighted by molar-refractivity contribution is 0.306. The van der Waals surface area contributed by atoms with Crippen LogP contribution in [-0.4, -0.2) is 17.1 Å². The maximum atomic E-state index is 5.83. The Morgan fingerprint density at radius 1 is 0.864 bits per heavy atom. The van der Waals surface area contributed by atoms with Gasteiger partial charge >= 0.3 is 6.01 Å². The molecule has 0 atom stereocenters. The third kappa shape index (κ3) is 3.41. The van der Waals surface area contributed by atoms with Gasteiger partial charge in [0, 0.05) is 18.0 Å². The van der Waals surface area contributed by atoms with Crippen molar-refractivity contribution in [1.82, 2.24) is 9.97 Å². The second-order valence-corrected chi connectivity index (χ2v) is 4.76. The molecule has 0 fully saturated rings. The van der Waals surface area contributed by atoms with E-state index in [1.54, 1.807) is 19.5 Å². The van der Waals surface area contributed by atoms with Crippen LogP contribution in [0.25, 0.3) is 11.1 Å². The molecule has 3 rings (SSSR count). The van der Waals surface area contributed by atoms with Crippen molar-refractivity contribution >= 4 is 0 Å². The van der Waals surface area contributed by atoms with Gasteiger partial charge < -0.3 is 9.47 Å². The molecule has 0 amide bonds. The highest BCUT2D eigenvalue weighted by atomic mass is 16.5. The number of rotatable bonds is 5. The lowest BCUT2D eigenvalue weighted by atomic mass is 10.1. The molecular weight excluding hydrogens is 276 g/mol. The fourth-order valence-corrected chi connectivity index (χ4v) is 2.08. The minimum Gasteiger partial charge on any atom is -0.489 e. The summed E-state index contributed by atoms with van der Waals surface area (Å²) in [4.78, 5) is 8.25. The van der Waals surface area contributed by atoms with Crippen LogP contribution in [0.1, 0.15) is 5.56 Å². The minimum absolute atomic E-state index is 0.361. The Bertz CT molecular complexity index is 728. The Kier molecular flexibility index (Phi) is 4.30. The van der Waals surface area contributed by atoms with Crippen LogP contribution in [0.4, 0.5) is 0 Å². The van der Waals surface area contributed by atoms with Crippen LogP contribution in [0.3, 0.4) is 0 Å². The highest BCUT2D eigenvalue weighted by Crippen LogP contribution is 2.24. The van der Waals surface area contributed by atoms with E-state index in [9.17, 15) is 0 Å². The molecule has 0 aliphatic carbocycles. The van der Waals surface area contributed by atoms with E-state index >= 15 is 0 Å². The van der Waals surface area contributed by atoms with Gasteiger partial charge in [-0.3, -0.25) is 0 Å². The van der Waals surface area contributed by atoms with Crippen LogP contribution in [0.15, 0.2) is 67.0 Å². The van der Waals surface area contributed by atoms with Crippen molar-refractivity contribution in [3.05, 3.63) is 72.6 Å². The average molecular weight is 292 g/mol. The molecule has 0 saturated carbocycles. The fraction of sp³-hybridized carbons (Fsp3) is 0.111. The first-order valence-corrected chi connectivity index (χ1v) is 6.98. The van der Waals surface area contributed by atoms with Crippen LogP contribution >= 0.6 is 0 Å². The lowest BCUT2D eigenvalue weighted by Crippen LogP contribution is -1.95. The van der Waals surface area contributed by atoms with E-state index in [2.05, 4.69) is 9.97 Å². The topological polar surface area (TPSA) is 44.2 Å². The Morgan fingerprint density at radius 3 is 2.36 bits per heavy atom. The van der Waals surface area contributed by atoms with Gasteiger partial charge in [-0.05, 0) is 23.3 Å². The summed E-state index contributed by atoms with van der Waals surface area (Å²) in [5.41, 5.74) is 3.07. The van der Waals surface area contributed by atoms with Crippen LogP contribution in [-0.2, 0) is 6.61 Å². The molecule has 0 unspecified atom stereocenters. The zero-order valence-corrected chi connectivity index (χ0v) is 12.3. The first-order chi connectivity index (χ1) is 10.8. The lowest BCUT2D eigenvalue weighted by Gasteiger charge is -2.08. The van der Waals surface area contributed by atoms with E-state index in [-0.39, 0.29) is 0 Å². The summed E-state index contributed by atoms with van der Waals surface area (Å²) in [5, 5.41) is 0. The van der Waals surface area contributed by atoms with Gasteiger partial charge in [0.05, 0.1) is 7.11 Å². The Labute approximate surface area is 129 Å². The van der Waals surface area contributed by atoms with Crippen molar-refractivity contribution in [2.24, 2.45) is 0 Å². The van der Waals surface area contributed by atoms with Gasteiger partial charge in [-0.15, -0.1) is 0 Å². The number of nitrogens with zero attached hydrogens (tertiary/aromatic N) is 2. The summed E-state index contributed by atoms with van der Waals surface area (Å²) in [5.74, 6) is 0.817. The molecule has 0 saturated heterocycles. The van der Waals surface area contributed by atoms with E-state index in [0.29, 0.717) is 12.6 Å². The number of benzene rings is 2. The quantitative estimate of drug-likeness (QED) is 0.718. The van der Waals surface area contributed by atoms with Gasteiger partial charge in [0.25, 0.3) is 0 Å². The maximum Gasteiger partial charge on any atom is 0.316 e. The molecule has 0 aliphatic heterocycles. The molecule has 0 aliphatic rings. The second kappa shape index (κ2) is 6.72. The summed E-state index contributed by atoms with van der Waals surface area (Å²) in [7, 11) is 1.55. The maximum absolute atomic E-state index is 5.83. The first kappa shape index (κ1) is 14.1. The van der Waals surface area contributed by atoms with Gasteiger partial charge in [0.2, 0.25) is 0 Å². The summed E-state index contributed by atoms with van der Waals surface area (Å²) < 4.78 is 10.8. The molecule has 2 aromatic carbocycles. The highest BCUT2D eigenvalue weighted by molar-refractivity contribution is 5.63. The molecule has 22 heavy (non-hydrogen) atoms. The SMILES string of the molecule is COc1ncc(-c2cccc(OCc3ccccc3)c2)cn1. The van der Waals surface area contributed by atoms with Crippen LogP contribution in [0, 0.1) is 0 Å². The molecule has 0 N–H and O–H groups in total. The zero-order valence-electron chi connectivity index (χ0n) is 12.3. The first-order valence-electron chi connectivity index (χ1n) is 6.98. The third-order valence-electron chi connectivity index (χ3n) is 3.23. The predicted octanol–water partition coefficient (Wildman–Crippen LogP) is 3.73. The van der Waals surface area contributed by atoms with Gasteiger partial charge in [-0.25, -0.2) is 9.97 Å². The molecule has 0 radical (unpaired) electrons. The minimum atomic E-state index is 0.361. The normalized spacial score (nSPS) is 10.2. The second-order valence-electron chi connectivity index (χ2n) is 4.76. The van der Waals surface area contributed by atoms with Crippen LogP contribution in [0.2, 0.25) is 0 Å². The van der Waals surface area contributed by atoms with E-state index in [4.69, 9.17) is 9.47 Å². The molecular formula is C18H16N2O2. The largest absolute Gasteiger partial charge is 0.489 e. The van der Waals surface area contributed by atoms with Gasteiger partial charge in [0.1, 0.15) is 12.4 Å². The molecule has 3 aromatic rings. The van der Waals surface area contributed by atoms with Crippen molar-refractivity contribution in [3.63, 3.8) is 0 Å². The van der Waals surface area contributed by atoms with E-state index < -0.39 is 0 Å². The summed E-state index contributed by atoms with van der Waals surface area (Å²) >= 11 is 0. The van der Waals surface area contributed by atoms with E-state index in [0.717, 1.165) is 22.4 Å². The van der Waals surface area contributed by atoms with E-state index in [1.807, 2.05) is 54.6 Å². The van der Waals surface area contributed by atoms with Crippen molar-refractivity contribution in [2.75, 3.05) is 7.11 Å². The van der Waals surface area contributed by atoms with Crippen LogP contribution in [0.5, 0.6) is 11.8 Å². The number of methoxy groups -OCH3 is 1. The van der Waals surface area contributed by atoms with Gasteiger partial charge in [0.15, 0.2) is 0 Å². The molecule has 4 nitrogen and oxygen atoms in total. The van der Waals surface area contributed by atoms with Crippen molar-refractivity contribution in [3.8, 4) is 22.9 Å². The summed E-state index contributed by atoms with van der Waals surface area (Å²) in [6, 6.07) is 18.3. The Morgan fingerprint density at radius 2 is 1.64 bits per heavy atom. The number of aromatic nitrogens is 2. The average Bonchev–Trinajstić information content (AvgIpc) is 2.61. The summed E-state index contributed by atoms with van der Waals surface area (Å²) in [6.45, 7) is 0.545. The van der Waals surface area contributed by atoms with Crippen molar-refractivity contribution in [2.45, 2.75) is 6.61 Å². The monoisotopic (exact) mass is 292 g/mol. The van der Waals surface area contributed by atoms with Gasteiger partial charge in [-0.1, -0.05) is 42.5 Å². The number of hydrogen-bond acceptors (Lipinski definition) is 4. The standard InChI is InChI=1S/C18H16N2O2/c1-21-18-19-11-16(12-20-18)15-8-5-9-17(10-15)22-13-14-6-3-2-4-7-14/h2-12H,13H2,1H3. The molecule has 0 bridgehead atoms. The Balaban J connectivity index is 1.74. The predicted molar refractivity (Wildman–Crippen MR) is 84.8 cm³/mol. The molecule has 4 heteroatoms. The Hall–Kier alpha value is -2.88. The van der Waals surface area contributed by atoms with Crippen molar-refractivity contribution in [1.29, 1.82) is 0 Å². The molecule has 1 aromatic heterocycles. The molecule has 1 heterocycles. The number of ether oxygens (including phenoxy) is 2. The van der Waals surface area contributed by atoms with Crippen molar-refractivity contribution < 1.29 is 9.47 Å². The van der Waals surface area contributed by atoms with Gasteiger partial charge in [-0.2, -0.15) is 0 Å². The fourth-order valence-electron chi connectivity index (χ4n) is 2.08. The smallest absolute Gasteiger partial charge is 0.316 e. The third-order valence-corrected chi connectivity index (χ3v) is 3.23. The number of hydrogen-bond donors (Lipinski definition) is 0. The molecule has 110 valence electrons. The van der Waals surface area contributed by atoms with Crippen LogP contribution < -0.4 is 9.47 Å². The molecule has 0 spiro atoms. The zero-order chi connectivity index (χ0) is 15.2. The van der Waals surface area contributed by atoms with E-state index in [1.165, 1.54) is 0 Å².